The Morgan fingerprint density at radius 3 is 2.47 bits per heavy atom. The van der Waals surface area contributed by atoms with E-state index >= 15 is 0 Å². The largest absolute Gasteiger partial charge is 0.477 e. The zero-order chi connectivity index (χ0) is 26.5. The van der Waals surface area contributed by atoms with E-state index < -0.39 is 36.3 Å². The SMILES string of the molecule is Cc1ccccc1NC(=O)Nc1ccc(CC(=O)N(C)C(C)c2cnc(CC(F)(F)C(=O)O)o2)cn1. The van der Waals surface area contributed by atoms with Gasteiger partial charge >= 0.3 is 17.9 Å². The van der Waals surface area contributed by atoms with Crippen LogP contribution in [0.25, 0.3) is 0 Å². The maximum Gasteiger partial charge on any atom is 0.375 e. The third-order valence-corrected chi connectivity index (χ3v) is 5.46. The molecule has 0 spiro atoms. The summed E-state index contributed by atoms with van der Waals surface area (Å²) in [6, 6.07) is 9.44. The summed E-state index contributed by atoms with van der Waals surface area (Å²) < 4.78 is 32.0. The van der Waals surface area contributed by atoms with Crippen molar-refractivity contribution in [2.24, 2.45) is 0 Å². The van der Waals surface area contributed by atoms with E-state index in [0.29, 0.717) is 17.1 Å². The van der Waals surface area contributed by atoms with E-state index in [-0.39, 0.29) is 18.1 Å². The van der Waals surface area contributed by atoms with Crippen LogP contribution in [0, 0.1) is 6.92 Å². The summed E-state index contributed by atoms with van der Waals surface area (Å²) in [6.45, 7) is 3.49. The van der Waals surface area contributed by atoms with Crippen molar-refractivity contribution in [3.05, 3.63) is 71.6 Å². The minimum absolute atomic E-state index is 0.0123. The van der Waals surface area contributed by atoms with Crippen molar-refractivity contribution in [2.75, 3.05) is 17.7 Å². The molecule has 2 heterocycles. The summed E-state index contributed by atoms with van der Waals surface area (Å²) in [5.41, 5.74) is 2.17. The number of nitrogens with zero attached hydrogens (tertiary/aromatic N) is 3. The number of carbonyl (C=O) groups is 3. The van der Waals surface area contributed by atoms with Crippen LogP contribution in [0.4, 0.5) is 25.1 Å². The lowest BCUT2D eigenvalue weighted by atomic mass is 10.1. The minimum Gasteiger partial charge on any atom is -0.477 e. The highest BCUT2D eigenvalue weighted by Crippen LogP contribution is 2.25. The molecule has 3 amide bonds. The Hall–Kier alpha value is -4.35. The number of benzene rings is 1. The average Bonchev–Trinajstić information content (AvgIpc) is 3.28. The number of amides is 3. The number of hydrogen-bond acceptors (Lipinski definition) is 6. The topological polar surface area (TPSA) is 138 Å². The van der Waals surface area contributed by atoms with Crippen molar-refractivity contribution in [3.8, 4) is 0 Å². The summed E-state index contributed by atoms with van der Waals surface area (Å²) >= 11 is 0. The Morgan fingerprint density at radius 2 is 1.83 bits per heavy atom. The standard InChI is InChI=1S/C24H25F2N5O5/c1-14-6-4-5-7-17(14)29-23(35)30-19-9-8-16(12-27-19)10-21(32)31(3)15(2)18-13-28-20(36-18)11-24(25,26)22(33)34/h4-9,12-13,15H,10-11H2,1-3H3,(H,33,34)(H2,27,29,30,35). The fraction of sp³-hybridized carbons (Fsp3) is 0.292. The Kier molecular flexibility index (Phi) is 7.97. The van der Waals surface area contributed by atoms with Gasteiger partial charge in [0, 0.05) is 18.9 Å². The molecular formula is C24H25F2N5O5. The highest BCUT2D eigenvalue weighted by molar-refractivity contribution is 5.99. The third kappa shape index (κ3) is 6.62. The van der Waals surface area contributed by atoms with E-state index in [0.717, 1.165) is 5.56 Å². The van der Waals surface area contributed by atoms with Gasteiger partial charge in [-0.15, -0.1) is 0 Å². The molecule has 0 aliphatic carbocycles. The number of oxazole rings is 1. The van der Waals surface area contributed by atoms with Gasteiger partial charge in [-0.05, 0) is 37.1 Å². The van der Waals surface area contributed by atoms with Crippen LogP contribution in [0.2, 0.25) is 0 Å². The van der Waals surface area contributed by atoms with E-state index in [2.05, 4.69) is 20.6 Å². The predicted molar refractivity (Wildman–Crippen MR) is 126 cm³/mol. The summed E-state index contributed by atoms with van der Waals surface area (Å²) in [6.07, 6.45) is 1.44. The van der Waals surface area contributed by atoms with E-state index in [1.54, 1.807) is 25.1 Å². The quantitative estimate of drug-likeness (QED) is 0.402. The first kappa shape index (κ1) is 26.3. The van der Waals surface area contributed by atoms with Gasteiger partial charge in [-0.2, -0.15) is 8.78 Å². The van der Waals surface area contributed by atoms with Gasteiger partial charge in [0.2, 0.25) is 11.8 Å². The molecule has 36 heavy (non-hydrogen) atoms. The van der Waals surface area contributed by atoms with Gasteiger partial charge in [0.15, 0.2) is 0 Å². The van der Waals surface area contributed by atoms with Crippen molar-refractivity contribution in [3.63, 3.8) is 0 Å². The molecule has 0 aliphatic heterocycles. The Morgan fingerprint density at radius 1 is 1.11 bits per heavy atom. The van der Waals surface area contributed by atoms with Gasteiger partial charge in [0.25, 0.3) is 0 Å². The maximum absolute atomic E-state index is 13.4. The van der Waals surface area contributed by atoms with E-state index in [1.165, 1.54) is 24.3 Å². The molecule has 0 aliphatic rings. The second-order valence-corrected chi connectivity index (χ2v) is 8.15. The number of carboxylic acids is 1. The molecule has 3 aromatic rings. The maximum atomic E-state index is 13.4. The molecule has 2 aromatic heterocycles. The number of para-hydroxylation sites is 1. The zero-order valence-corrected chi connectivity index (χ0v) is 19.8. The fourth-order valence-corrected chi connectivity index (χ4v) is 3.16. The number of pyridine rings is 1. The first-order valence-electron chi connectivity index (χ1n) is 10.9. The molecular weight excluding hydrogens is 476 g/mol. The van der Waals surface area contributed by atoms with Crippen molar-refractivity contribution >= 4 is 29.4 Å². The van der Waals surface area contributed by atoms with Crippen LogP contribution in [0.3, 0.4) is 0 Å². The molecule has 0 saturated heterocycles. The molecule has 0 radical (unpaired) electrons. The number of hydrogen-bond donors (Lipinski definition) is 3. The van der Waals surface area contributed by atoms with Crippen LogP contribution in [-0.4, -0.2) is 50.9 Å². The molecule has 1 unspecified atom stereocenters. The number of alkyl halides is 2. The van der Waals surface area contributed by atoms with Gasteiger partial charge in [-0.25, -0.2) is 19.6 Å². The second kappa shape index (κ2) is 10.9. The Bertz CT molecular complexity index is 1250. The van der Waals surface area contributed by atoms with Crippen LogP contribution in [-0.2, 0) is 22.4 Å². The van der Waals surface area contributed by atoms with Crippen molar-refractivity contribution in [1.82, 2.24) is 14.9 Å². The van der Waals surface area contributed by atoms with Crippen LogP contribution in [0.1, 0.15) is 35.7 Å². The molecule has 12 heteroatoms. The smallest absolute Gasteiger partial charge is 0.375 e. The summed E-state index contributed by atoms with van der Waals surface area (Å²) in [7, 11) is 1.51. The summed E-state index contributed by atoms with van der Waals surface area (Å²) in [4.78, 5) is 44.7. The lowest BCUT2D eigenvalue weighted by Gasteiger charge is -2.23. The highest BCUT2D eigenvalue weighted by Gasteiger charge is 2.41. The number of nitrogens with one attached hydrogen (secondary N) is 2. The fourth-order valence-electron chi connectivity index (χ4n) is 3.16. The number of aryl methyl sites for hydroxylation is 1. The average molecular weight is 501 g/mol. The first-order valence-corrected chi connectivity index (χ1v) is 10.9. The van der Waals surface area contributed by atoms with Gasteiger partial charge in [-0.1, -0.05) is 24.3 Å². The van der Waals surface area contributed by atoms with E-state index in [9.17, 15) is 23.2 Å². The molecule has 0 bridgehead atoms. The highest BCUT2D eigenvalue weighted by atomic mass is 19.3. The molecule has 1 aromatic carbocycles. The zero-order valence-electron chi connectivity index (χ0n) is 19.8. The number of urea groups is 1. The first-order chi connectivity index (χ1) is 17.0. The van der Waals surface area contributed by atoms with Gasteiger partial charge in [0.1, 0.15) is 11.6 Å². The molecule has 190 valence electrons. The number of likely N-dealkylation sites (N-methyl/N-ethyl adjacent to an activating group) is 1. The van der Waals surface area contributed by atoms with Crippen LogP contribution < -0.4 is 10.6 Å². The van der Waals surface area contributed by atoms with Crippen molar-refractivity contribution in [1.29, 1.82) is 0 Å². The number of anilines is 2. The molecule has 3 rings (SSSR count). The Balaban J connectivity index is 1.55. The normalized spacial score (nSPS) is 12.0. The van der Waals surface area contributed by atoms with E-state index in [4.69, 9.17) is 9.52 Å². The number of halogens is 2. The molecule has 1 atom stereocenters. The number of aromatic nitrogens is 2. The van der Waals surface area contributed by atoms with Crippen LogP contribution >= 0.6 is 0 Å². The molecule has 0 fully saturated rings. The lowest BCUT2D eigenvalue weighted by Crippen LogP contribution is -2.31. The summed E-state index contributed by atoms with van der Waals surface area (Å²) in [5, 5.41) is 13.9. The minimum atomic E-state index is -4.01. The number of rotatable bonds is 9. The van der Waals surface area contributed by atoms with Gasteiger partial charge in [-0.3, -0.25) is 10.1 Å². The predicted octanol–water partition coefficient (Wildman–Crippen LogP) is 4.05. The number of carbonyl (C=O) groups excluding carboxylic acids is 2. The van der Waals surface area contributed by atoms with E-state index in [1.807, 2.05) is 25.1 Å². The molecule has 0 saturated carbocycles. The van der Waals surface area contributed by atoms with Crippen LogP contribution in [0.5, 0.6) is 0 Å². The van der Waals surface area contributed by atoms with Crippen molar-refractivity contribution in [2.45, 2.75) is 38.7 Å². The summed E-state index contributed by atoms with van der Waals surface area (Å²) in [5.74, 6) is -6.60. The Labute approximate surface area is 205 Å². The second-order valence-electron chi connectivity index (χ2n) is 8.15. The van der Waals surface area contributed by atoms with Gasteiger partial charge in [0.05, 0.1) is 25.1 Å². The third-order valence-electron chi connectivity index (χ3n) is 5.46. The molecule has 10 nitrogen and oxygen atoms in total. The van der Waals surface area contributed by atoms with Crippen molar-refractivity contribution < 1.29 is 32.7 Å². The lowest BCUT2D eigenvalue weighted by molar-refractivity contribution is -0.165. The monoisotopic (exact) mass is 501 g/mol. The number of aliphatic carboxylic acids is 1. The van der Waals surface area contributed by atoms with Gasteiger partial charge < -0.3 is 19.7 Å². The molecule has 3 N–H and O–H groups in total. The van der Waals surface area contributed by atoms with Crippen LogP contribution in [0.15, 0.2) is 53.2 Å². The number of carboxylic acid groups (broad SMARTS) is 1.